The van der Waals surface area contributed by atoms with E-state index in [9.17, 15) is 4.79 Å². The molecule has 698 valence electrons. The van der Waals surface area contributed by atoms with Crippen LogP contribution >= 0.6 is 93.9 Å². The van der Waals surface area contributed by atoms with E-state index in [1.54, 1.807) is 75.8 Å². The van der Waals surface area contributed by atoms with Crippen molar-refractivity contribution in [1.82, 2.24) is 74.9 Å². The molecule has 1 aliphatic rings. The number of carbonyl (C=O) groups is 1. The van der Waals surface area contributed by atoms with Crippen LogP contribution in [0.3, 0.4) is 0 Å². The normalized spacial score (nSPS) is 12.0. The molecule has 10 heterocycles. The Labute approximate surface area is 838 Å². The second-order valence-corrected chi connectivity index (χ2v) is 44.6. The minimum Gasteiger partial charge on any atom is -0.497 e. The van der Waals surface area contributed by atoms with E-state index in [2.05, 4.69) is 286 Å². The number of nitrogens with zero attached hydrogens (tertiary/aromatic N) is 17. The van der Waals surface area contributed by atoms with Gasteiger partial charge in [-0.15, -0.1) is 44.4 Å². The van der Waals surface area contributed by atoms with Gasteiger partial charge in [-0.3, -0.25) is 19.7 Å². The van der Waals surface area contributed by atoms with Crippen molar-refractivity contribution in [2.24, 2.45) is 28.0 Å². The van der Waals surface area contributed by atoms with Crippen LogP contribution in [0.25, 0.3) is 39.3 Å². The topological polar surface area (TPSA) is 248 Å². The first kappa shape index (κ1) is 105. The Kier molecular flexibility index (Phi) is 43.5. The number of pyridine rings is 6. The van der Waals surface area contributed by atoms with Gasteiger partial charge in [0, 0.05) is 102 Å². The molecule has 0 radical (unpaired) electrons. The lowest BCUT2D eigenvalue weighted by Crippen LogP contribution is -2.24. The summed E-state index contributed by atoms with van der Waals surface area (Å²) in [6, 6.07) is 66.1. The smallest absolute Gasteiger partial charge is 0.306 e. The monoisotopic (exact) mass is 2150 g/mol. The number of thioether (sulfide) groups is 2. The van der Waals surface area contributed by atoms with Crippen molar-refractivity contribution in [3.8, 4) is 62.5 Å². The molecule has 5 aromatic carbocycles. The number of hydrogen-bond acceptors (Lipinski definition) is 21. The predicted octanol–water partition coefficient (Wildman–Crippen LogP) is 25.9. The average Bonchev–Trinajstić information content (AvgIpc) is 1.72. The zero-order valence-electron chi connectivity index (χ0n) is 78.8. The summed E-state index contributed by atoms with van der Waals surface area (Å²) in [6.45, 7) is 21.8. The van der Waals surface area contributed by atoms with Crippen molar-refractivity contribution < 1.29 is 23.7 Å². The number of azo groups is 1. The molecule has 1 aliphatic heterocycles. The van der Waals surface area contributed by atoms with Gasteiger partial charge in [0.15, 0.2) is 0 Å². The number of rotatable bonds is 33. The fourth-order valence-electron chi connectivity index (χ4n) is 13.5. The second kappa shape index (κ2) is 55.3. The van der Waals surface area contributed by atoms with Crippen molar-refractivity contribution in [2.75, 3.05) is 40.4 Å². The highest BCUT2D eigenvalue weighted by atomic mass is 127. The standard InChI is InChI=1S/C28H32N4OS.C26H34N4O3.C21H25N3S.C15H13BrN4O.C10H12BrNSi.C5H3BrIN/c1-21(4-6-22-9-16-27(34-3)17-10-22)5-12-25-13-11-24(18-29-25)28-19-30-31-32(28)20-23-7-14-26(33-2)15-8-23;1-19(7-15-25(31)33-26(2,3)4)6-11-22-12-10-21(16-27-22)24-17-28-29-30(24)18-20-8-13-23(32-5)14-9-20;1-16(3-5-17-6-11-21(25-2)12-7-17)4-9-20-10-8-18(13-22-20)19-14-23-24-15-19;1-21-13-5-2-11(3-6-13)10-20-14(9-18-19-20)12-4-7-15(16)17-8-12;1-13(2,3)7-6-9-4-5-10(11)12-8-9;6-5-2-1-4(7)3-8-5/h7-11,13-19,21H,4-6,12,20H2,1-3H3;8-10,12-14,16-17,19H,6-7,11,15,18H2,1-5H3;6-8,10-14,16H,3-5,9,15H2,1-2H3;2-9H,10H2,1H3;4-5,8H,1-3H3;1-3H. The molecule has 0 bridgehead atoms. The number of aromatic nitrogens is 15. The molecule has 0 fully saturated rings. The maximum atomic E-state index is 11.9. The lowest BCUT2D eigenvalue weighted by atomic mass is 9.96. The maximum absolute atomic E-state index is 11.9. The van der Waals surface area contributed by atoms with Crippen molar-refractivity contribution in [1.29, 1.82) is 0 Å². The van der Waals surface area contributed by atoms with Crippen LogP contribution in [0.4, 0.5) is 0 Å². The van der Waals surface area contributed by atoms with E-state index in [0.29, 0.717) is 50.4 Å². The van der Waals surface area contributed by atoms with Gasteiger partial charge in [-0.05, 0) is 353 Å². The fraction of sp³-hybridized carbons (Fsp3) is 0.324. The lowest BCUT2D eigenvalue weighted by molar-refractivity contribution is -0.155. The van der Waals surface area contributed by atoms with Crippen LogP contribution < -0.4 is 14.2 Å². The van der Waals surface area contributed by atoms with Gasteiger partial charge in [-0.25, -0.2) is 29.0 Å². The van der Waals surface area contributed by atoms with Gasteiger partial charge in [0.2, 0.25) is 0 Å². The van der Waals surface area contributed by atoms with Crippen molar-refractivity contribution in [3.63, 3.8) is 0 Å². The third-order valence-electron chi connectivity index (χ3n) is 21.4. The molecule has 0 N–H and O–H groups in total. The van der Waals surface area contributed by atoms with Gasteiger partial charge in [-0.2, -0.15) is 10.2 Å². The summed E-state index contributed by atoms with van der Waals surface area (Å²) >= 11 is 15.6. The summed E-state index contributed by atoms with van der Waals surface area (Å²) in [7, 11) is 3.74. The van der Waals surface area contributed by atoms with E-state index in [1.807, 2.05) is 175 Å². The Morgan fingerprint density at radius 1 is 0.433 bits per heavy atom. The number of benzene rings is 5. The summed E-state index contributed by atoms with van der Waals surface area (Å²) in [5.74, 6) is 7.33. The van der Waals surface area contributed by atoms with Crippen LogP contribution in [0.5, 0.6) is 17.2 Å². The Morgan fingerprint density at radius 3 is 1.11 bits per heavy atom. The lowest BCUT2D eigenvalue weighted by Gasteiger charge is -2.20. The highest BCUT2D eigenvalue weighted by molar-refractivity contribution is 14.1. The van der Waals surface area contributed by atoms with E-state index in [0.717, 1.165) is 165 Å². The summed E-state index contributed by atoms with van der Waals surface area (Å²) < 4.78 is 30.3. The Balaban J connectivity index is 0.000000174. The van der Waals surface area contributed by atoms with Gasteiger partial charge in [-0.1, -0.05) is 129 Å². The molecule has 22 nitrogen and oxygen atoms in total. The summed E-state index contributed by atoms with van der Waals surface area (Å²) in [6.07, 6.45) is 34.8. The molecule has 0 spiro atoms. The molecular formula is C105H119Br3IN17O5S2Si. The molecule has 0 saturated carbocycles. The summed E-state index contributed by atoms with van der Waals surface area (Å²) in [5.41, 5.74) is 21.6. The van der Waals surface area contributed by atoms with Crippen LogP contribution in [0, 0.1) is 32.8 Å². The molecule has 29 heteroatoms. The number of halogens is 4. The summed E-state index contributed by atoms with van der Waals surface area (Å²) in [4.78, 5) is 40.9. The van der Waals surface area contributed by atoms with Crippen LogP contribution in [0.15, 0.2) is 290 Å². The van der Waals surface area contributed by atoms with Crippen LogP contribution in [-0.4, -0.2) is 135 Å². The maximum Gasteiger partial charge on any atom is 0.306 e. The molecule has 0 saturated heterocycles. The van der Waals surface area contributed by atoms with Gasteiger partial charge in [0.05, 0.1) is 89.4 Å². The largest absolute Gasteiger partial charge is 0.497 e. The fourth-order valence-corrected chi connectivity index (χ4v) is 15.9. The third-order valence-corrected chi connectivity index (χ3v) is 25.8. The Hall–Kier alpha value is -10.7. The molecule has 14 aromatic rings. The number of aryl methyl sites for hydroxylation is 5. The predicted molar refractivity (Wildman–Crippen MR) is 563 cm³/mol. The van der Waals surface area contributed by atoms with Gasteiger partial charge in [0.25, 0.3) is 0 Å². The zero-order chi connectivity index (χ0) is 95.6. The van der Waals surface area contributed by atoms with Crippen molar-refractivity contribution >= 4 is 114 Å². The van der Waals surface area contributed by atoms with Crippen LogP contribution in [0.2, 0.25) is 19.6 Å². The van der Waals surface area contributed by atoms with Crippen molar-refractivity contribution in [3.05, 3.63) is 330 Å². The first-order valence-corrected chi connectivity index (χ1v) is 54.0. The number of methoxy groups -OCH3 is 3. The van der Waals surface area contributed by atoms with E-state index < -0.39 is 13.7 Å². The average molecular weight is 2160 g/mol. The quantitative estimate of drug-likeness (QED) is 0.00926. The second-order valence-electron chi connectivity index (χ2n) is 34.4. The number of esters is 1. The minimum atomic E-state index is -1.25. The third kappa shape index (κ3) is 37.9. The molecule has 134 heavy (non-hydrogen) atoms. The van der Waals surface area contributed by atoms with Gasteiger partial charge >= 0.3 is 5.97 Å². The van der Waals surface area contributed by atoms with Crippen LogP contribution in [-0.2, 0) is 61.3 Å². The summed E-state index contributed by atoms with van der Waals surface area (Å²) in [5, 5.41) is 32.8. The van der Waals surface area contributed by atoms with Gasteiger partial charge in [0.1, 0.15) is 44.7 Å². The Bertz CT molecular complexity index is 5940. The molecule has 3 unspecified atom stereocenters. The molecule has 15 rings (SSSR count). The van der Waals surface area contributed by atoms with E-state index >= 15 is 0 Å². The van der Waals surface area contributed by atoms with Crippen LogP contribution in [0.1, 0.15) is 143 Å². The first-order valence-electron chi connectivity index (χ1n) is 44.6. The Morgan fingerprint density at radius 2 is 0.791 bits per heavy atom. The SMILES string of the molecule is Brc1ccc(I)cn1.COc1ccc(Cn2nncc2-c2ccc(Br)nc2)cc1.COc1ccc(Cn2nncc2-c2ccc(CCC(C)CCC(=O)OC(C)(C)C)nc2)cc1.COc1ccc(Cn2nncc2-c2ccc(CCC(C)CCc3ccc(SC)cc3)nc2)cc1.CSc1ccc(CCC(C)CCc2ccc(C3=CN=NC3)cn2)cc1.C[Si](C)(C)C#Cc1ccc(Br)nc1. The highest BCUT2D eigenvalue weighted by Crippen LogP contribution is 2.29. The molecule has 0 aliphatic carbocycles. The van der Waals surface area contributed by atoms with Gasteiger partial charge < -0.3 is 18.9 Å². The van der Waals surface area contributed by atoms with E-state index in [4.69, 9.17) is 23.9 Å². The molecule has 9 aromatic heterocycles. The zero-order valence-corrected chi connectivity index (χ0v) is 88.3. The minimum absolute atomic E-state index is 0.128. The first-order chi connectivity index (χ1) is 64.6. The molecular weight excluding hydrogens is 2040 g/mol. The van der Waals surface area contributed by atoms with Crippen molar-refractivity contribution in [2.45, 2.75) is 173 Å². The highest BCUT2D eigenvalue weighted by Gasteiger charge is 2.19. The number of hydrogen-bond donors (Lipinski definition) is 0. The molecule has 0 amide bonds. The molecule has 3 atom stereocenters. The number of carbonyl (C=O) groups excluding carboxylic acids is 1. The number of ether oxygens (including phenoxy) is 4. The van der Waals surface area contributed by atoms with E-state index in [1.165, 1.54) is 45.9 Å². The van der Waals surface area contributed by atoms with E-state index in [-0.39, 0.29) is 5.97 Å².